The topological polar surface area (TPSA) is 75.7 Å². The molecule has 0 aromatic heterocycles. The number of aryl methyl sites for hydroxylation is 1. The van der Waals surface area contributed by atoms with Crippen molar-refractivity contribution in [1.82, 2.24) is 4.72 Å². The van der Waals surface area contributed by atoms with Gasteiger partial charge in [0.05, 0.1) is 10.4 Å². The predicted octanol–water partition coefficient (Wildman–Crippen LogP) is 6.75. The van der Waals surface area contributed by atoms with Crippen LogP contribution in [0, 0.1) is 23.7 Å². The first-order chi connectivity index (χ1) is 19.1. The number of hydrogen-bond donors (Lipinski definition) is 1. The summed E-state index contributed by atoms with van der Waals surface area (Å²) >= 11 is 6.32. The Kier molecular flexibility index (Phi) is 7.58. The quantitative estimate of drug-likeness (QED) is 0.371. The molecule has 1 N–H and O–H groups in total. The summed E-state index contributed by atoms with van der Waals surface area (Å²) in [6.45, 7) is 6.36. The van der Waals surface area contributed by atoms with Gasteiger partial charge in [0.15, 0.2) is 0 Å². The molecule has 40 heavy (non-hydrogen) atoms. The van der Waals surface area contributed by atoms with Gasteiger partial charge in [0.2, 0.25) is 10.0 Å². The number of hydrogen-bond acceptors (Lipinski definition) is 5. The maximum absolute atomic E-state index is 13.4. The van der Waals surface area contributed by atoms with Crippen LogP contribution >= 0.6 is 11.6 Å². The number of nitrogens with one attached hydrogen (secondary N) is 1. The highest BCUT2D eigenvalue weighted by atomic mass is 35.5. The van der Waals surface area contributed by atoms with Crippen molar-refractivity contribution in [2.45, 2.75) is 83.0 Å². The van der Waals surface area contributed by atoms with E-state index in [1.165, 1.54) is 18.4 Å². The second-order valence-corrected chi connectivity index (χ2v) is 15.4. The molecule has 2 aliphatic heterocycles. The number of rotatable bonds is 0. The van der Waals surface area contributed by atoms with Crippen molar-refractivity contribution < 1.29 is 17.9 Å². The van der Waals surface area contributed by atoms with Crippen molar-refractivity contribution in [2.75, 3.05) is 18.0 Å². The first kappa shape index (κ1) is 27.9. The van der Waals surface area contributed by atoms with E-state index in [1.807, 2.05) is 30.3 Å². The number of carbonyl (C=O) groups is 1. The van der Waals surface area contributed by atoms with E-state index in [9.17, 15) is 13.2 Å². The van der Waals surface area contributed by atoms with Gasteiger partial charge < -0.3 is 9.64 Å². The lowest BCUT2D eigenvalue weighted by Gasteiger charge is -2.44. The van der Waals surface area contributed by atoms with Crippen molar-refractivity contribution in [1.29, 1.82) is 0 Å². The summed E-state index contributed by atoms with van der Waals surface area (Å²) in [7, 11) is -3.79. The zero-order valence-corrected chi connectivity index (χ0v) is 25.2. The molecule has 5 atom stereocenters. The van der Waals surface area contributed by atoms with Gasteiger partial charge in [0.1, 0.15) is 12.4 Å². The molecule has 216 valence electrons. The maximum Gasteiger partial charge on any atom is 0.264 e. The highest BCUT2D eigenvalue weighted by molar-refractivity contribution is 7.91. The van der Waals surface area contributed by atoms with E-state index < -0.39 is 20.7 Å². The Hall–Kier alpha value is -2.25. The van der Waals surface area contributed by atoms with Gasteiger partial charge >= 0.3 is 0 Å². The van der Waals surface area contributed by atoms with Gasteiger partial charge in [-0.2, -0.15) is 0 Å². The molecule has 0 saturated heterocycles. The van der Waals surface area contributed by atoms with Gasteiger partial charge in [0, 0.05) is 23.7 Å². The molecule has 2 heterocycles. The third-order valence-corrected chi connectivity index (χ3v) is 12.7. The summed E-state index contributed by atoms with van der Waals surface area (Å²) in [6, 6.07) is 11.4. The number of nitrogens with zero attached hydrogens (tertiary/aromatic N) is 1. The number of carbonyl (C=O) groups excluding carboxylic acids is 1. The van der Waals surface area contributed by atoms with Gasteiger partial charge in [0.25, 0.3) is 5.91 Å². The standard InChI is InChI=1S/C32H41ClN2O4S/c1-21-6-5-8-26-18-32(26,2)40(37,38)34-31(36)23-11-14-30-29(17-23)35(19-24-10-13-28(21)24)15-4-3-7-22-16-27(33)12-9-25(22)20-39-30/h9,11-12,14,16-17,21,24,26,28H,3-8,10,13,15,18-20H2,1-2H3,(H,34,36)/t21-,24-,26+,28-,32+/m0/s1. The van der Waals surface area contributed by atoms with E-state index in [0.717, 1.165) is 73.6 Å². The molecule has 2 saturated carbocycles. The van der Waals surface area contributed by atoms with Crippen LogP contribution in [0.1, 0.15) is 86.7 Å². The Bertz CT molecular complexity index is 1400. The minimum absolute atomic E-state index is 0.115. The smallest absolute Gasteiger partial charge is 0.264 e. The third-order valence-electron chi connectivity index (χ3n) is 10.3. The molecule has 1 amide bonds. The number of amides is 1. The molecule has 2 aromatic carbocycles. The van der Waals surface area contributed by atoms with Gasteiger partial charge in [-0.1, -0.05) is 37.4 Å². The Balaban J connectivity index is 1.37. The van der Waals surface area contributed by atoms with Gasteiger partial charge in [-0.25, -0.2) is 13.1 Å². The van der Waals surface area contributed by atoms with E-state index in [0.29, 0.717) is 36.3 Å². The van der Waals surface area contributed by atoms with Crippen molar-refractivity contribution in [3.63, 3.8) is 0 Å². The summed E-state index contributed by atoms with van der Waals surface area (Å²) in [5.74, 6) is 2.19. The number of halogens is 1. The van der Waals surface area contributed by atoms with E-state index in [-0.39, 0.29) is 5.92 Å². The van der Waals surface area contributed by atoms with Crippen LogP contribution in [-0.2, 0) is 23.1 Å². The first-order valence-electron chi connectivity index (χ1n) is 15.0. The lowest BCUT2D eigenvalue weighted by Crippen LogP contribution is -2.42. The number of benzene rings is 2. The molecule has 2 aromatic rings. The van der Waals surface area contributed by atoms with Crippen molar-refractivity contribution in [3.8, 4) is 5.75 Å². The van der Waals surface area contributed by atoms with E-state index in [1.54, 1.807) is 13.0 Å². The summed E-state index contributed by atoms with van der Waals surface area (Å²) in [4.78, 5) is 15.8. The number of anilines is 1. The van der Waals surface area contributed by atoms with Crippen LogP contribution in [0.5, 0.6) is 5.75 Å². The predicted molar refractivity (Wildman–Crippen MR) is 160 cm³/mol. The van der Waals surface area contributed by atoms with Gasteiger partial charge in [-0.05, 0) is 117 Å². The molecule has 6 nitrogen and oxygen atoms in total. The molecular formula is C32H41ClN2O4S. The molecule has 0 spiro atoms. The molecule has 2 bridgehead atoms. The van der Waals surface area contributed by atoms with Gasteiger partial charge in [-0.15, -0.1) is 0 Å². The summed E-state index contributed by atoms with van der Waals surface area (Å²) in [5.41, 5.74) is 3.56. The van der Waals surface area contributed by atoms with Gasteiger partial charge in [-0.3, -0.25) is 4.79 Å². The van der Waals surface area contributed by atoms with Crippen LogP contribution in [0.3, 0.4) is 0 Å². The first-order valence-corrected chi connectivity index (χ1v) is 16.9. The largest absolute Gasteiger partial charge is 0.487 e. The average Bonchev–Trinajstić information content (AvgIpc) is 3.58. The van der Waals surface area contributed by atoms with Crippen LogP contribution < -0.4 is 14.4 Å². The average molecular weight is 585 g/mol. The molecule has 2 fully saturated rings. The van der Waals surface area contributed by atoms with E-state index >= 15 is 0 Å². The normalized spacial score (nSPS) is 32.1. The highest BCUT2D eigenvalue weighted by Crippen LogP contribution is 2.53. The fourth-order valence-corrected chi connectivity index (χ4v) is 9.06. The van der Waals surface area contributed by atoms with Crippen molar-refractivity contribution in [2.24, 2.45) is 23.7 Å². The molecule has 2 aliphatic carbocycles. The lowest BCUT2D eigenvalue weighted by atomic mass is 9.66. The maximum atomic E-state index is 13.4. The summed E-state index contributed by atoms with van der Waals surface area (Å²) in [5, 5.41) is 0.738. The Morgan fingerprint density at radius 3 is 2.67 bits per heavy atom. The zero-order chi connectivity index (χ0) is 28.1. The fraction of sp³-hybridized carbons (Fsp3) is 0.594. The van der Waals surface area contributed by atoms with Crippen LogP contribution in [0.15, 0.2) is 36.4 Å². The summed E-state index contributed by atoms with van der Waals surface area (Å²) < 4.78 is 34.6. The number of ether oxygens (including phenoxy) is 1. The Morgan fingerprint density at radius 1 is 1.02 bits per heavy atom. The van der Waals surface area contributed by atoms with Crippen LogP contribution in [-0.4, -0.2) is 32.2 Å². The second kappa shape index (κ2) is 10.9. The van der Waals surface area contributed by atoms with Crippen LogP contribution in [0.2, 0.25) is 5.02 Å². The molecular weight excluding hydrogens is 544 g/mol. The molecule has 0 unspecified atom stereocenters. The Morgan fingerprint density at radius 2 is 1.88 bits per heavy atom. The van der Waals surface area contributed by atoms with Crippen molar-refractivity contribution >= 4 is 33.2 Å². The molecule has 6 rings (SSSR count). The second-order valence-electron chi connectivity index (χ2n) is 12.8. The zero-order valence-electron chi connectivity index (χ0n) is 23.6. The monoisotopic (exact) mass is 584 g/mol. The highest BCUT2D eigenvalue weighted by Gasteiger charge is 2.59. The number of sulfonamides is 1. The SMILES string of the molecule is C[C@H]1CCC[C@@H]2C[C@@]2(C)S(=O)(=O)NC(=O)c2ccc3c(c2)N(CCCCc2cc(Cl)ccc2CO3)C[C@@H]2CC[C@H]21. The fourth-order valence-electron chi connectivity index (χ4n) is 7.30. The minimum atomic E-state index is -3.79. The van der Waals surface area contributed by atoms with E-state index in [2.05, 4.69) is 16.5 Å². The number of fused-ring (bicyclic) bond motifs is 4. The van der Waals surface area contributed by atoms with Crippen LogP contribution in [0.4, 0.5) is 5.69 Å². The molecule has 0 radical (unpaired) electrons. The summed E-state index contributed by atoms with van der Waals surface area (Å²) in [6.07, 6.45) is 9.16. The molecule has 4 aliphatic rings. The Labute approximate surface area is 243 Å². The third kappa shape index (κ3) is 5.36. The van der Waals surface area contributed by atoms with E-state index in [4.69, 9.17) is 16.3 Å². The van der Waals surface area contributed by atoms with Crippen molar-refractivity contribution in [3.05, 3.63) is 58.1 Å². The lowest BCUT2D eigenvalue weighted by molar-refractivity contribution is 0.0980. The van der Waals surface area contributed by atoms with Crippen LogP contribution in [0.25, 0.3) is 0 Å². The molecule has 8 heteroatoms. The minimum Gasteiger partial charge on any atom is -0.487 e.